The predicted octanol–water partition coefficient (Wildman–Crippen LogP) is -1.76. The summed E-state index contributed by atoms with van der Waals surface area (Å²) in [5.41, 5.74) is 0. The van der Waals surface area contributed by atoms with Crippen molar-refractivity contribution in [2.24, 2.45) is 0 Å². The van der Waals surface area contributed by atoms with Crippen molar-refractivity contribution in [3.63, 3.8) is 0 Å². The quantitative estimate of drug-likeness (QED) is 0.284. The molecular formula is CHCuO3-2. The van der Waals surface area contributed by atoms with Crippen molar-refractivity contribution < 1.29 is 29.7 Å². The Bertz CT molecular complexity index is 20.9. The molecular weight excluding hydrogens is 124 g/mol. The molecule has 4 heteroatoms. The van der Waals surface area contributed by atoms with E-state index in [-0.39, 0.29) is 0 Å². The van der Waals surface area contributed by atoms with E-state index in [1.807, 2.05) is 0 Å². The van der Waals surface area contributed by atoms with Gasteiger partial charge in [-0.05, 0) is 0 Å². The molecule has 0 bridgehead atoms. The topological polar surface area (TPSA) is 57.2 Å². The van der Waals surface area contributed by atoms with Crippen molar-refractivity contribution in [3.05, 3.63) is 0 Å². The van der Waals surface area contributed by atoms with Gasteiger partial charge in [0.2, 0.25) is 0 Å². The predicted molar refractivity (Wildman–Crippen MR) is 6.75 cm³/mol. The fourth-order valence-electron chi connectivity index (χ4n) is 0. The summed E-state index contributed by atoms with van der Waals surface area (Å²) >= 11 is 2.94. The Morgan fingerprint density at radius 3 is 1.60 bits per heavy atom. The molecule has 0 aliphatic carbocycles. The zero-order valence-electron chi connectivity index (χ0n) is 2.10. The van der Waals surface area contributed by atoms with E-state index in [4.69, 9.17) is 13.7 Å². The first-order valence-electron chi connectivity index (χ1n) is 0.594. The van der Waals surface area contributed by atoms with Gasteiger partial charge in [-0.2, -0.15) is 0 Å². The van der Waals surface area contributed by atoms with Gasteiger partial charge >= 0.3 is 19.8 Å². The molecule has 0 unspecified atom stereocenters. The Morgan fingerprint density at radius 2 is 1.60 bits per heavy atom. The van der Waals surface area contributed by atoms with Crippen LogP contribution in [0.4, 0.5) is 0 Å². The van der Waals surface area contributed by atoms with Crippen LogP contribution < -0.4 is 5.11 Å². The molecule has 0 aromatic rings. The molecule has 3 nitrogen and oxygen atoms in total. The van der Waals surface area contributed by atoms with Crippen molar-refractivity contribution in [3.8, 4) is 0 Å². The fraction of sp³-hybridized carbons (Fsp3) is 0. The Hall–Kier alpha value is -0.211. The van der Waals surface area contributed by atoms with Crippen LogP contribution in [-0.4, -0.2) is 6.47 Å². The van der Waals surface area contributed by atoms with Gasteiger partial charge in [-0.25, -0.2) is 0 Å². The van der Waals surface area contributed by atoms with Crippen molar-refractivity contribution >= 4 is 6.47 Å². The van der Waals surface area contributed by atoms with Crippen molar-refractivity contribution in [1.82, 2.24) is 0 Å². The average Bonchev–Trinajstić information content (AvgIpc) is 1.46. The summed E-state index contributed by atoms with van der Waals surface area (Å²) in [7, 11) is 0. The van der Waals surface area contributed by atoms with E-state index in [2.05, 4.69) is 15.9 Å². The third kappa shape index (κ3) is 274. The van der Waals surface area contributed by atoms with Crippen LogP contribution in [0.25, 0.3) is 0 Å². The molecule has 0 aliphatic heterocycles. The number of hydrogen-bond donors (Lipinski definition) is 0. The SMILES string of the molecule is O=C[O-].[O]=[Cu-]. The van der Waals surface area contributed by atoms with Crippen LogP contribution in [0, 0.1) is 0 Å². The van der Waals surface area contributed by atoms with Crippen LogP contribution >= 0.6 is 0 Å². The van der Waals surface area contributed by atoms with Gasteiger partial charge in [-0.15, -0.1) is 0 Å². The Kier molecular flexibility index (Phi) is 83.6. The molecule has 5 heavy (non-hydrogen) atoms. The van der Waals surface area contributed by atoms with Crippen molar-refractivity contribution in [2.75, 3.05) is 0 Å². The molecule has 0 atom stereocenters. The second-order valence-electron chi connectivity index (χ2n) is 0.0962. The van der Waals surface area contributed by atoms with E-state index in [0.717, 1.165) is 0 Å². The average molecular weight is 125 g/mol. The third-order valence-corrected chi connectivity index (χ3v) is 0. The van der Waals surface area contributed by atoms with Gasteiger partial charge in [0.15, 0.2) is 0 Å². The third-order valence-electron chi connectivity index (χ3n) is 0. The van der Waals surface area contributed by atoms with Crippen LogP contribution in [-0.2, 0) is 24.6 Å². The van der Waals surface area contributed by atoms with E-state index in [0.29, 0.717) is 0 Å². The molecule has 0 amide bonds. The number of carbonyl (C=O) groups excluding carboxylic acids is 1. The second-order valence-corrected chi connectivity index (χ2v) is 0.0962. The van der Waals surface area contributed by atoms with Gasteiger partial charge < -0.3 is 9.90 Å². The van der Waals surface area contributed by atoms with Gasteiger partial charge in [0.1, 0.15) is 0 Å². The Morgan fingerprint density at radius 1 is 1.60 bits per heavy atom. The maximum atomic E-state index is 8.25. The second kappa shape index (κ2) is 47.3. The van der Waals surface area contributed by atoms with E-state index < -0.39 is 6.47 Å². The van der Waals surface area contributed by atoms with Gasteiger partial charge in [0, 0.05) is 6.47 Å². The first-order chi connectivity index (χ1) is 2.41. The zero-order chi connectivity index (χ0) is 4.71. The van der Waals surface area contributed by atoms with Gasteiger partial charge in [-0.3, -0.25) is 0 Å². The summed E-state index contributed by atoms with van der Waals surface area (Å²) in [4.78, 5) is 8.25. The molecule has 36 valence electrons. The normalized spacial score (nSPS) is 3.60. The van der Waals surface area contributed by atoms with E-state index in [1.165, 1.54) is 0 Å². The summed E-state index contributed by atoms with van der Waals surface area (Å²) < 4.78 is 7.81. The molecule has 0 heterocycles. The summed E-state index contributed by atoms with van der Waals surface area (Å²) in [5, 5.41) is 8.25. The minimum atomic E-state index is -0.500. The molecule has 0 saturated carbocycles. The number of hydrogen-bond acceptors (Lipinski definition) is 3. The number of rotatable bonds is 0. The summed E-state index contributed by atoms with van der Waals surface area (Å²) in [6.07, 6.45) is 0. The Labute approximate surface area is 37.0 Å². The minimum absolute atomic E-state index is 0.500. The molecule has 0 fully saturated rings. The molecule has 0 rings (SSSR count). The Balaban J connectivity index is 0. The van der Waals surface area contributed by atoms with Gasteiger partial charge in [0.05, 0.1) is 0 Å². The van der Waals surface area contributed by atoms with Crippen molar-refractivity contribution in [1.29, 1.82) is 0 Å². The number of carboxylic acid groups (broad SMARTS) is 1. The summed E-state index contributed by atoms with van der Waals surface area (Å²) in [6, 6.07) is 0. The molecule has 0 aromatic carbocycles. The zero-order valence-corrected chi connectivity index (χ0v) is 3.05. The summed E-state index contributed by atoms with van der Waals surface area (Å²) in [5.74, 6) is 0. The molecule has 0 aliphatic rings. The van der Waals surface area contributed by atoms with Crippen LogP contribution in [0.1, 0.15) is 0 Å². The first-order valence-corrected chi connectivity index (χ1v) is 0.979. The van der Waals surface area contributed by atoms with Crippen LogP contribution in [0.2, 0.25) is 0 Å². The van der Waals surface area contributed by atoms with Crippen LogP contribution in [0.5, 0.6) is 0 Å². The first kappa shape index (κ1) is 8.84. The van der Waals surface area contributed by atoms with Crippen LogP contribution in [0.15, 0.2) is 0 Å². The molecule has 0 radical (unpaired) electrons. The molecule has 0 aromatic heterocycles. The van der Waals surface area contributed by atoms with E-state index >= 15 is 0 Å². The summed E-state index contributed by atoms with van der Waals surface area (Å²) in [6.45, 7) is -0.500. The van der Waals surface area contributed by atoms with Crippen molar-refractivity contribution in [2.45, 2.75) is 0 Å². The molecule has 0 spiro atoms. The standard InChI is InChI=1S/CH2O2.Cu.O/c2-1-3;;/h1H,(H,2,3);;/q;-1;/p-1. The maximum absolute atomic E-state index is 8.25. The van der Waals surface area contributed by atoms with Gasteiger partial charge in [0.25, 0.3) is 0 Å². The molecule has 0 N–H and O–H groups in total. The van der Waals surface area contributed by atoms with E-state index in [9.17, 15) is 0 Å². The fourth-order valence-corrected chi connectivity index (χ4v) is 0. The van der Waals surface area contributed by atoms with Gasteiger partial charge in [-0.1, -0.05) is 0 Å². The molecule has 0 saturated heterocycles. The number of carbonyl (C=O) groups is 1. The van der Waals surface area contributed by atoms with E-state index in [1.54, 1.807) is 0 Å². The monoisotopic (exact) mass is 124 g/mol. The van der Waals surface area contributed by atoms with Crippen LogP contribution in [0.3, 0.4) is 0 Å².